The zero-order valence-corrected chi connectivity index (χ0v) is 10.7. The molecule has 0 amide bonds. The first kappa shape index (κ1) is 12.9. The van der Waals surface area contributed by atoms with Gasteiger partial charge in [0, 0.05) is 11.8 Å². The summed E-state index contributed by atoms with van der Waals surface area (Å²) in [6, 6.07) is 9.79. The van der Waals surface area contributed by atoms with Gasteiger partial charge < -0.3 is 9.84 Å². The zero-order chi connectivity index (χ0) is 13.0. The number of hydrogen-bond donors (Lipinski definition) is 1. The van der Waals surface area contributed by atoms with Gasteiger partial charge in [0.25, 0.3) is 0 Å². The normalized spacial score (nSPS) is 17.8. The highest BCUT2D eigenvalue weighted by Crippen LogP contribution is 2.48. The van der Waals surface area contributed by atoms with Crippen LogP contribution in [0.1, 0.15) is 44.3 Å². The van der Waals surface area contributed by atoms with Gasteiger partial charge in [0.2, 0.25) is 0 Å². The van der Waals surface area contributed by atoms with E-state index in [-0.39, 0.29) is 5.41 Å². The molecule has 0 spiro atoms. The lowest BCUT2D eigenvalue weighted by molar-refractivity contribution is 0.173. The minimum Gasteiger partial charge on any atom is -0.493 e. The van der Waals surface area contributed by atoms with Gasteiger partial charge in [0.1, 0.15) is 5.75 Å². The Morgan fingerprint density at radius 1 is 1.39 bits per heavy atom. The minimum atomic E-state index is -0.396. The maximum absolute atomic E-state index is 9.68. The van der Waals surface area contributed by atoms with Crippen LogP contribution in [-0.4, -0.2) is 11.7 Å². The Balaban J connectivity index is 1.89. The molecule has 0 aromatic heterocycles. The van der Waals surface area contributed by atoms with E-state index >= 15 is 0 Å². The molecule has 1 aliphatic carbocycles. The third-order valence-electron chi connectivity index (χ3n) is 3.61. The molecular formula is C15H19NO2. The van der Waals surface area contributed by atoms with E-state index in [4.69, 9.17) is 10.00 Å². The molecule has 0 saturated heterocycles. The van der Waals surface area contributed by atoms with Crippen LogP contribution < -0.4 is 4.74 Å². The molecule has 0 unspecified atom stereocenters. The molecule has 0 aliphatic heterocycles. The number of nitriles is 1. The van der Waals surface area contributed by atoms with Gasteiger partial charge in [-0.15, -0.1) is 0 Å². The van der Waals surface area contributed by atoms with Crippen molar-refractivity contribution in [2.45, 2.75) is 38.7 Å². The molecule has 1 N–H and O–H groups in total. The van der Waals surface area contributed by atoms with E-state index in [1.807, 2.05) is 31.2 Å². The highest BCUT2D eigenvalue weighted by molar-refractivity contribution is 5.28. The molecule has 2 rings (SSSR count). The van der Waals surface area contributed by atoms with Gasteiger partial charge in [0.15, 0.2) is 0 Å². The number of hydrogen-bond acceptors (Lipinski definition) is 3. The van der Waals surface area contributed by atoms with Gasteiger partial charge >= 0.3 is 0 Å². The van der Waals surface area contributed by atoms with Crippen LogP contribution in [0.3, 0.4) is 0 Å². The van der Waals surface area contributed by atoms with Crippen LogP contribution in [-0.2, 0) is 0 Å². The van der Waals surface area contributed by atoms with E-state index in [1.165, 1.54) is 0 Å². The molecule has 1 fully saturated rings. The van der Waals surface area contributed by atoms with Crippen molar-refractivity contribution in [1.29, 1.82) is 5.26 Å². The quantitative estimate of drug-likeness (QED) is 0.837. The van der Waals surface area contributed by atoms with E-state index in [9.17, 15) is 5.11 Å². The van der Waals surface area contributed by atoms with Gasteiger partial charge in [-0.3, -0.25) is 0 Å². The fraction of sp³-hybridized carbons (Fsp3) is 0.533. The molecule has 1 atom stereocenters. The second-order valence-corrected chi connectivity index (χ2v) is 5.12. The summed E-state index contributed by atoms with van der Waals surface area (Å²) in [5.74, 6) is 0.811. The van der Waals surface area contributed by atoms with Crippen LogP contribution in [0.25, 0.3) is 0 Å². The molecule has 96 valence electrons. The monoisotopic (exact) mass is 245 g/mol. The van der Waals surface area contributed by atoms with Crippen molar-refractivity contribution in [3.05, 3.63) is 29.8 Å². The molecule has 1 saturated carbocycles. The molecular weight excluding hydrogens is 226 g/mol. The van der Waals surface area contributed by atoms with E-state index in [0.29, 0.717) is 19.4 Å². The molecule has 3 heteroatoms. The zero-order valence-electron chi connectivity index (χ0n) is 10.7. The predicted octanol–water partition coefficient (Wildman–Crippen LogP) is 3.20. The van der Waals surface area contributed by atoms with Gasteiger partial charge in [-0.2, -0.15) is 5.26 Å². The Morgan fingerprint density at radius 3 is 2.56 bits per heavy atom. The Labute approximate surface area is 108 Å². The van der Waals surface area contributed by atoms with Crippen molar-refractivity contribution < 1.29 is 9.84 Å². The number of aliphatic hydroxyl groups is 1. The topological polar surface area (TPSA) is 53.2 Å². The lowest BCUT2D eigenvalue weighted by Crippen LogP contribution is -2.12. The standard InChI is InChI=1S/C15H19NO2/c1-2-14(17)12-3-5-13(6-4-12)18-11-15(7-8-15)9-10-16/h3-6,14,17H,2,7-9,11H2,1H3/t14-/m1/s1. The Kier molecular flexibility index (Phi) is 3.88. The fourth-order valence-corrected chi connectivity index (χ4v) is 1.97. The van der Waals surface area contributed by atoms with Crippen molar-refractivity contribution in [2.24, 2.45) is 5.41 Å². The number of rotatable bonds is 6. The SMILES string of the molecule is CC[C@@H](O)c1ccc(OCC2(CC#N)CC2)cc1. The van der Waals surface area contributed by atoms with Gasteiger partial charge in [-0.1, -0.05) is 19.1 Å². The summed E-state index contributed by atoms with van der Waals surface area (Å²) < 4.78 is 5.72. The van der Waals surface area contributed by atoms with Crippen LogP contribution in [0.5, 0.6) is 5.75 Å². The number of ether oxygens (including phenoxy) is 1. The average Bonchev–Trinajstić information content (AvgIpc) is 3.17. The molecule has 18 heavy (non-hydrogen) atoms. The summed E-state index contributed by atoms with van der Waals surface area (Å²) in [4.78, 5) is 0. The highest BCUT2D eigenvalue weighted by atomic mass is 16.5. The van der Waals surface area contributed by atoms with Crippen molar-refractivity contribution in [2.75, 3.05) is 6.61 Å². The summed E-state index contributed by atoms with van der Waals surface area (Å²) >= 11 is 0. The van der Waals surface area contributed by atoms with E-state index in [0.717, 1.165) is 24.2 Å². The first-order valence-electron chi connectivity index (χ1n) is 6.47. The van der Waals surface area contributed by atoms with E-state index in [2.05, 4.69) is 6.07 Å². The van der Waals surface area contributed by atoms with Crippen molar-refractivity contribution in [1.82, 2.24) is 0 Å². The maximum Gasteiger partial charge on any atom is 0.119 e. The predicted molar refractivity (Wildman–Crippen MR) is 69.1 cm³/mol. The smallest absolute Gasteiger partial charge is 0.119 e. The van der Waals surface area contributed by atoms with Crippen molar-refractivity contribution in [3.8, 4) is 11.8 Å². The van der Waals surface area contributed by atoms with Gasteiger partial charge in [-0.25, -0.2) is 0 Å². The molecule has 1 aliphatic rings. The van der Waals surface area contributed by atoms with Crippen molar-refractivity contribution in [3.63, 3.8) is 0 Å². The Morgan fingerprint density at radius 2 is 2.06 bits per heavy atom. The third kappa shape index (κ3) is 3.02. The van der Waals surface area contributed by atoms with Gasteiger partial charge in [0.05, 0.1) is 18.8 Å². The molecule has 1 aromatic rings. The van der Waals surface area contributed by atoms with Crippen molar-refractivity contribution >= 4 is 0 Å². The van der Waals surface area contributed by atoms with E-state index < -0.39 is 6.10 Å². The van der Waals surface area contributed by atoms with Crippen LogP contribution in [0, 0.1) is 16.7 Å². The maximum atomic E-state index is 9.68. The summed E-state index contributed by atoms with van der Waals surface area (Å²) in [7, 11) is 0. The minimum absolute atomic E-state index is 0.107. The van der Waals surface area contributed by atoms with Crippen LogP contribution in [0.2, 0.25) is 0 Å². The first-order valence-corrected chi connectivity index (χ1v) is 6.47. The average molecular weight is 245 g/mol. The lowest BCUT2D eigenvalue weighted by Gasteiger charge is -2.14. The summed E-state index contributed by atoms with van der Waals surface area (Å²) in [6.07, 6.45) is 3.08. The second kappa shape index (κ2) is 5.41. The molecule has 0 radical (unpaired) electrons. The third-order valence-corrected chi connectivity index (χ3v) is 3.61. The van der Waals surface area contributed by atoms with Gasteiger partial charge in [-0.05, 0) is 37.0 Å². The lowest BCUT2D eigenvalue weighted by atomic mass is 10.1. The summed E-state index contributed by atoms with van der Waals surface area (Å²) in [6.45, 7) is 2.57. The number of aliphatic hydroxyl groups excluding tert-OH is 1. The van der Waals surface area contributed by atoms with Crippen LogP contribution >= 0.6 is 0 Å². The Hall–Kier alpha value is -1.53. The molecule has 0 bridgehead atoms. The largest absolute Gasteiger partial charge is 0.493 e. The summed E-state index contributed by atoms with van der Waals surface area (Å²) in [5, 5.41) is 18.4. The second-order valence-electron chi connectivity index (χ2n) is 5.12. The molecule has 3 nitrogen and oxygen atoms in total. The Bertz CT molecular complexity index is 429. The highest BCUT2D eigenvalue weighted by Gasteiger charge is 2.43. The molecule has 0 heterocycles. The number of benzene rings is 1. The fourth-order valence-electron chi connectivity index (χ4n) is 1.97. The van der Waals surface area contributed by atoms with Crippen LogP contribution in [0.15, 0.2) is 24.3 Å². The van der Waals surface area contributed by atoms with Crippen LogP contribution in [0.4, 0.5) is 0 Å². The first-order chi connectivity index (χ1) is 8.69. The number of nitrogens with zero attached hydrogens (tertiary/aromatic N) is 1. The molecule has 1 aromatic carbocycles. The summed E-state index contributed by atoms with van der Waals surface area (Å²) in [5.41, 5.74) is 1.03. The van der Waals surface area contributed by atoms with E-state index in [1.54, 1.807) is 0 Å².